The number of esters is 1. The third kappa shape index (κ3) is 4.16. The second-order valence-corrected chi connectivity index (χ2v) is 4.96. The van der Waals surface area contributed by atoms with Crippen molar-refractivity contribution in [2.75, 3.05) is 11.9 Å². The smallest absolute Gasteiger partial charge is 0.344 e. The fourth-order valence-electron chi connectivity index (χ4n) is 2.03. The van der Waals surface area contributed by atoms with E-state index in [1.807, 2.05) is 0 Å². The number of nitro groups is 1. The second-order valence-electron chi connectivity index (χ2n) is 4.96. The summed E-state index contributed by atoms with van der Waals surface area (Å²) in [6.07, 6.45) is 0.437. The standard InChI is InChI=1S/C15H14FN3O6/c1-3-11-14(8(2)25-18-11)15(21)24-7-13(20)17-12-6-9(19(22)23)4-5-10(12)16/h4-6H,3,7H2,1-2H3,(H,17,20). The van der Waals surface area contributed by atoms with E-state index in [4.69, 9.17) is 9.26 Å². The molecule has 0 saturated heterocycles. The van der Waals surface area contributed by atoms with E-state index >= 15 is 0 Å². The van der Waals surface area contributed by atoms with Gasteiger partial charge in [0.2, 0.25) is 0 Å². The number of aromatic nitrogens is 1. The van der Waals surface area contributed by atoms with Crippen molar-refractivity contribution in [1.82, 2.24) is 5.16 Å². The molecule has 132 valence electrons. The summed E-state index contributed by atoms with van der Waals surface area (Å²) in [4.78, 5) is 33.8. The van der Waals surface area contributed by atoms with Crippen molar-refractivity contribution in [2.45, 2.75) is 20.3 Å². The molecule has 1 amide bonds. The van der Waals surface area contributed by atoms with Gasteiger partial charge >= 0.3 is 5.97 Å². The summed E-state index contributed by atoms with van der Waals surface area (Å²) < 4.78 is 23.4. The van der Waals surface area contributed by atoms with Gasteiger partial charge in [-0.3, -0.25) is 14.9 Å². The van der Waals surface area contributed by atoms with Gasteiger partial charge in [-0.25, -0.2) is 9.18 Å². The Kier molecular flexibility index (Phi) is 5.42. The van der Waals surface area contributed by atoms with Crippen LogP contribution in [0.4, 0.5) is 15.8 Å². The lowest BCUT2D eigenvalue weighted by molar-refractivity contribution is -0.384. The number of amides is 1. The summed E-state index contributed by atoms with van der Waals surface area (Å²) in [6, 6.07) is 2.69. The number of hydrogen-bond donors (Lipinski definition) is 1. The molecule has 1 aromatic heterocycles. The number of anilines is 1. The van der Waals surface area contributed by atoms with E-state index < -0.39 is 29.2 Å². The number of hydrogen-bond acceptors (Lipinski definition) is 7. The first-order chi connectivity index (χ1) is 11.8. The number of carbonyl (C=O) groups excluding carboxylic acids is 2. The molecule has 0 fully saturated rings. The molecule has 9 nitrogen and oxygen atoms in total. The van der Waals surface area contributed by atoms with Gasteiger partial charge in [0.1, 0.15) is 17.1 Å². The maximum absolute atomic E-state index is 13.6. The quantitative estimate of drug-likeness (QED) is 0.481. The third-order valence-electron chi connectivity index (χ3n) is 3.24. The predicted octanol–water partition coefficient (Wildman–Crippen LogP) is 2.39. The van der Waals surface area contributed by atoms with Crippen LogP contribution in [0.1, 0.15) is 28.7 Å². The topological polar surface area (TPSA) is 125 Å². The third-order valence-corrected chi connectivity index (χ3v) is 3.24. The van der Waals surface area contributed by atoms with Crippen LogP contribution in [0.2, 0.25) is 0 Å². The molecule has 0 radical (unpaired) electrons. The van der Waals surface area contributed by atoms with Crippen LogP contribution in [0.3, 0.4) is 0 Å². The zero-order valence-corrected chi connectivity index (χ0v) is 13.4. The summed E-state index contributed by atoms with van der Waals surface area (Å²) >= 11 is 0. The second kappa shape index (κ2) is 7.51. The van der Waals surface area contributed by atoms with E-state index in [0.717, 1.165) is 18.2 Å². The molecule has 25 heavy (non-hydrogen) atoms. The first-order valence-electron chi connectivity index (χ1n) is 7.19. The monoisotopic (exact) mass is 351 g/mol. The maximum atomic E-state index is 13.6. The molecule has 10 heteroatoms. The number of nitrogens with zero attached hydrogens (tertiary/aromatic N) is 2. The van der Waals surface area contributed by atoms with Crippen molar-refractivity contribution in [2.24, 2.45) is 0 Å². The molecule has 0 aliphatic heterocycles. The Balaban J connectivity index is 2.01. The van der Waals surface area contributed by atoms with Crippen LogP contribution in [0, 0.1) is 22.9 Å². The Bertz CT molecular complexity index is 833. The highest BCUT2D eigenvalue weighted by Gasteiger charge is 2.22. The van der Waals surface area contributed by atoms with Crippen LogP contribution in [0.5, 0.6) is 0 Å². The van der Waals surface area contributed by atoms with E-state index in [1.54, 1.807) is 6.92 Å². The summed E-state index contributed by atoms with van der Waals surface area (Å²) in [7, 11) is 0. The number of benzene rings is 1. The van der Waals surface area contributed by atoms with Gasteiger partial charge in [-0.2, -0.15) is 0 Å². The highest BCUT2D eigenvalue weighted by Crippen LogP contribution is 2.21. The van der Waals surface area contributed by atoms with Gasteiger partial charge in [0, 0.05) is 12.1 Å². The Morgan fingerprint density at radius 2 is 2.16 bits per heavy atom. The maximum Gasteiger partial charge on any atom is 0.344 e. The van der Waals surface area contributed by atoms with Crippen LogP contribution in [-0.4, -0.2) is 28.6 Å². The molecule has 2 aromatic rings. The first-order valence-corrected chi connectivity index (χ1v) is 7.19. The number of carbonyl (C=O) groups is 2. The zero-order valence-electron chi connectivity index (χ0n) is 13.4. The Hall–Kier alpha value is -3.30. The van der Waals surface area contributed by atoms with Crippen molar-refractivity contribution in [3.8, 4) is 0 Å². The molecular weight excluding hydrogens is 337 g/mol. The lowest BCUT2D eigenvalue weighted by Crippen LogP contribution is -2.22. The SMILES string of the molecule is CCc1noc(C)c1C(=O)OCC(=O)Nc1cc([N+](=O)[O-])ccc1F. The summed E-state index contributed by atoms with van der Waals surface area (Å²) in [5.41, 5.74) is -0.239. The largest absolute Gasteiger partial charge is 0.452 e. The lowest BCUT2D eigenvalue weighted by atomic mass is 10.1. The van der Waals surface area contributed by atoms with Crippen LogP contribution in [0.25, 0.3) is 0 Å². The Morgan fingerprint density at radius 1 is 1.44 bits per heavy atom. The van der Waals surface area contributed by atoms with Crippen LogP contribution >= 0.6 is 0 Å². The summed E-state index contributed by atoms with van der Waals surface area (Å²) in [6.45, 7) is 2.60. The van der Waals surface area contributed by atoms with Gasteiger partial charge in [-0.05, 0) is 19.4 Å². The number of nitrogens with one attached hydrogen (secondary N) is 1. The first kappa shape index (κ1) is 18.0. The minimum atomic E-state index is -0.853. The van der Waals surface area contributed by atoms with Gasteiger partial charge in [0.15, 0.2) is 6.61 Å². The normalized spacial score (nSPS) is 10.4. The molecule has 0 aliphatic carbocycles. The molecule has 0 aliphatic rings. The van der Waals surface area contributed by atoms with Crippen LogP contribution in [0.15, 0.2) is 22.7 Å². The predicted molar refractivity (Wildman–Crippen MR) is 82.6 cm³/mol. The average molecular weight is 351 g/mol. The summed E-state index contributed by atoms with van der Waals surface area (Å²) in [5, 5.41) is 16.5. The number of rotatable bonds is 6. The van der Waals surface area contributed by atoms with Crippen LogP contribution in [-0.2, 0) is 16.0 Å². The van der Waals surface area contributed by atoms with E-state index in [1.165, 1.54) is 6.92 Å². The molecule has 0 spiro atoms. The van der Waals surface area contributed by atoms with Crippen molar-refractivity contribution < 1.29 is 28.2 Å². The number of non-ortho nitro benzene ring substituents is 1. The van der Waals surface area contributed by atoms with Crippen LogP contribution < -0.4 is 5.32 Å². The molecule has 0 atom stereocenters. The fourth-order valence-corrected chi connectivity index (χ4v) is 2.03. The minimum absolute atomic E-state index is 0.136. The fraction of sp³-hybridized carbons (Fsp3) is 0.267. The van der Waals surface area contributed by atoms with Gasteiger partial charge in [0.25, 0.3) is 11.6 Å². The number of ether oxygens (including phenoxy) is 1. The van der Waals surface area contributed by atoms with E-state index in [2.05, 4.69) is 10.5 Å². The molecule has 0 saturated carbocycles. The average Bonchev–Trinajstić information content (AvgIpc) is 2.95. The van der Waals surface area contributed by atoms with Crippen molar-refractivity contribution >= 4 is 23.3 Å². The molecule has 0 unspecified atom stereocenters. The van der Waals surface area contributed by atoms with Gasteiger partial charge in [-0.1, -0.05) is 12.1 Å². The van der Waals surface area contributed by atoms with Gasteiger partial charge in [0.05, 0.1) is 16.3 Å². The molecule has 1 N–H and O–H groups in total. The number of halogens is 1. The lowest BCUT2D eigenvalue weighted by Gasteiger charge is -2.07. The van der Waals surface area contributed by atoms with E-state index in [-0.39, 0.29) is 22.7 Å². The molecule has 2 rings (SSSR count). The Morgan fingerprint density at radius 3 is 2.80 bits per heavy atom. The number of aryl methyl sites for hydroxylation is 2. The number of nitro benzene ring substituents is 1. The molecule has 1 aromatic carbocycles. The van der Waals surface area contributed by atoms with Crippen molar-refractivity contribution in [3.63, 3.8) is 0 Å². The van der Waals surface area contributed by atoms with Crippen molar-refractivity contribution in [3.05, 3.63) is 51.1 Å². The van der Waals surface area contributed by atoms with Crippen molar-refractivity contribution in [1.29, 1.82) is 0 Å². The molecular formula is C15H14FN3O6. The highest BCUT2D eigenvalue weighted by molar-refractivity contribution is 5.96. The molecule has 0 bridgehead atoms. The highest BCUT2D eigenvalue weighted by atomic mass is 19.1. The van der Waals surface area contributed by atoms with Gasteiger partial charge in [-0.15, -0.1) is 0 Å². The minimum Gasteiger partial charge on any atom is -0.452 e. The zero-order chi connectivity index (χ0) is 18.6. The summed E-state index contributed by atoms with van der Waals surface area (Å²) in [5.74, 6) is -2.24. The molecule has 1 heterocycles. The van der Waals surface area contributed by atoms with E-state index in [9.17, 15) is 24.1 Å². The van der Waals surface area contributed by atoms with Gasteiger partial charge < -0.3 is 14.6 Å². The Labute approximate surface area is 140 Å². The van der Waals surface area contributed by atoms with E-state index in [0.29, 0.717) is 12.1 Å².